The molecule has 1 fully saturated rings. The lowest BCUT2D eigenvalue weighted by Crippen LogP contribution is -2.40. The van der Waals surface area contributed by atoms with E-state index in [2.05, 4.69) is 4.90 Å². The van der Waals surface area contributed by atoms with Crippen LogP contribution in [0.1, 0.15) is 38.7 Å². The van der Waals surface area contributed by atoms with Crippen LogP contribution in [0.25, 0.3) is 5.57 Å². The average molecular weight is 328 g/mol. The molecule has 128 valence electrons. The molecule has 0 atom stereocenters. The predicted molar refractivity (Wildman–Crippen MR) is 92.3 cm³/mol. The largest absolute Gasteiger partial charge is 0.497 e. The van der Waals surface area contributed by atoms with Crippen LogP contribution >= 0.6 is 0 Å². The SMILES string of the molecule is COc1ccc(C2=C(N3CCCCC3)C(=O)N(C(C)C)C2=O)cc1. The number of carbonyl (C=O) groups is 2. The Kier molecular flexibility index (Phi) is 4.60. The smallest absolute Gasteiger partial charge is 0.278 e. The van der Waals surface area contributed by atoms with Crippen molar-refractivity contribution in [2.75, 3.05) is 20.2 Å². The van der Waals surface area contributed by atoms with Crippen molar-refractivity contribution in [2.24, 2.45) is 0 Å². The Morgan fingerprint density at radius 3 is 2.12 bits per heavy atom. The van der Waals surface area contributed by atoms with E-state index in [1.165, 1.54) is 11.3 Å². The van der Waals surface area contributed by atoms with Crippen LogP contribution < -0.4 is 4.74 Å². The summed E-state index contributed by atoms with van der Waals surface area (Å²) in [5.41, 5.74) is 1.87. The van der Waals surface area contributed by atoms with Gasteiger partial charge in [0.25, 0.3) is 11.8 Å². The summed E-state index contributed by atoms with van der Waals surface area (Å²) in [5, 5.41) is 0. The highest BCUT2D eigenvalue weighted by Crippen LogP contribution is 2.34. The number of benzene rings is 1. The van der Waals surface area contributed by atoms with Crippen LogP contribution in [0, 0.1) is 0 Å². The lowest BCUT2D eigenvalue weighted by atomic mass is 10.0. The molecule has 0 spiro atoms. The quantitative estimate of drug-likeness (QED) is 0.798. The molecule has 0 bridgehead atoms. The van der Waals surface area contributed by atoms with E-state index >= 15 is 0 Å². The Hall–Kier alpha value is -2.30. The molecule has 0 aromatic heterocycles. The monoisotopic (exact) mass is 328 g/mol. The van der Waals surface area contributed by atoms with E-state index < -0.39 is 0 Å². The van der Waals surface area contributed by atoms with E-state index in [4.69, 9.17) is 4.74 Å². The summed E-state index contributed by atoms with van der Waals surface area (Å²) in [7, 11) is 1.61. The average Bonchev–Trinajstić information content (AvgIpc) is 2.86. The standard InChI is InChI=1S/C19H24N2O3/c1-13(2)21-18(22)16(14-7-9-15(24-3)10-8-14)17(19(21)23)20-11-5-4-6-12-20/h7-10,13H,4-6,11-12H2,1-3H3. The Balaban J connectivity index is 2.07. The van der Waals surface area contributed by atoms with Gasteiger partial charge in [0, 0.05) is 19.1 Å². The molecule has 0 N–H and O–H groups in total. The van der Waals surface area contributed by atoms with Gasteiger partial charge in [-0.25, -0.2) is 0 Å². The zero-order chi connectivity index (χ0) is 17.3. The number of amides is 2. The van der Waals surface area contributed by atoms with Gasteiger partial charge in [-0.2, -0.15) is 0 Å². The van der Waals surface area contributed by atoms with Crippen molar-refractivity contribution >= 4 is 17.4 Å². The van der Waals surface area contributed by atoms with E-state index in [9.17, 15) is 9.59 Å². The summed E-state index contributed by atoms with van der Waals surface area (Å²) in [5.74, 6) is 0.375. The molecule has 0 saturated carbocycles. The number of hydrogen-bond donors (Lipinski definition) is 0. The first-order chi connectivity index (χ1) is 11.5. The molecular formula is C19H24N2O3. The Bertz CT molecular complexity index is 670. The molecule has 0 aliphatic carbocycles. The fourth-order valence-electron chi connectivity index (χ4n) is 3.43. The first-order valence-electron chi connectivity index (χ1n) is 8.56. The second kappa shape index (κ2) is 6.67. The van der Waals surface area contributed by atoms with Crippen molar-refractivity contribution in [2.45, 2.75) is 39.2 Å². The van der Waals surface area contributed by atoms with E-state index in [-0.39, 0.29) is 17.9 Å². The third-order valence-electron chi connectivity index (χ3n) is 4.66. The Morgan fingerprint density at radius 1 is 0.958 bits per heavy atom. The van der Waals surface area contributed by atoms with Crippen LogP contribution in [0.3, 0.4) is 0 Å². The van der Waals surface area contributed by atoms with Crippen molar-refractivity contribution in [3.05, 3.63) is 35.5 Å². The minimum Gasteiger partial charge on any atom is -0.497 e. The van der Waals surface area contributed by atoms with Gasteiger partial charge in [-0.05, 0) is 50.8 Å². The van der Waals surface area contributed by atoms with Gasteiger partial charge in [0.15, 0.2) is 0 Å². The molecule has 2 amide bonds. The zero-order valence-electron chi connectivity index (χ0n) is 14.5. The van der Waals surface area contributed by atoms with Crippen LogP contribution in [-0.4, -0.2) is 47.9 Å². The number of imide groups is 1. The summed E-state index contributed by atoms with van der Waals surface area (Å²) in [6, 6.07) is 7.21. The van der Waals surface area contributed by atoms with Crippen LogP contribution in [0.15, 0.2) is 30.0 Å². The maximum absolute atomic E-state index is 13.0. The van der Waals surface area contributed by atoms with Gasteiger partial charge in [0.1, 0.15) is 11.4 Å². The number of rotatable bonds is 4. The number of hydrogen-bond acceptors (Lipinski definition) is 4. The third-order valence-corrected chi connectivity index (χ3v) is 4.66. The number of likely N-dealkylation sites (tertiary alicyclic amines) is 1. The maximum Gasteiger partial charge on any atom is 0.278 e. The second-order valence-corrected chi connectivity index (χ2v) is 6.57. The van der Waals surface area contributed by atoms with Gasteiger partial charge in [-0.3, -0.25) is 14.5 Å². The lowest BCUT2D eigenvalue weighted by Gasteiger charge is -2.30. The molecule has 1 aromatic carbocycles. The van der Waals surface area contributed by atoms with Gasteiger partial charge in [0.2, 0.25) is 0 Å². The van der Waals surface area contributed by atoms with Gasteiger partial charge in [-0.1, -0.05) is 12.1 Å². The number of methoxy groups -OCH3 is 1. The van der Waals surface area contributed by atoms with Crippen molar-refractivity contribution in [1.29, 1.82) is 0 Å². The molecule has 2 aliphatic rings. The van der Waals surface area contributed by atoms with Crippen molar-refractivity contribution < 1.29 is 14.3 Å². The fraction of sp³-hybridized carbons (Fsp3) is 0.474. The van der Waals surface area contributed by atoms with Crippen LogP contribution in [0.2, 0.25) is 0 Å². The first-order valence-corrected chi connectivity index (χ1v) is 8.56. The van der Waals surface area contributed by atoms with E-state index in [0.29, 0.717) is 11.3 Å². The normalized spacial score (nSPS) is 18.8. The Labute approximate surface area is 142 Å². The number of piperidine rings is 1. The molecule has 5 heteroatoms. The summed E-state index contributed by atoms with van der Waals surface area (Å²) >= 11 is 0. The van der Waals surface area contributed by atoms with Crippen LogP contribution in [0.5, 0.6) is 5.75 Å². The van der Waals surface area contributed by atoms with Gasteiger partial charge >= 0.3 is 0 Å². The number of nitrogens with zero attached hydrogens (tertiary/aromatic N) is 2. The number of carbonyl (C=O) groups excluding carboxylic acids is 2. The topological polar surface area (TPSA) is 49.9 Å². The summed E-state index contributed by atoms with van der Waals surface area (Å²) in [6.45, 7) is 5.42. The summed E-state index contributed by atoms with van der Waals surface area (Å²) in [6.07, 6.45) is 3.29. The lowest BCUT2D eigenvalue weighted by molar-refractivity contribution is -0.139. The molecule has 0 unspecified atom stereocenters. The van der Waals surface area contributed by atoms with E-state index in [0.717, 1.165) is 37.2 Å². The molecule has 24 heavy (non-hydrogen) atoms. The predicted octanol–water partition coefficient (Wildman–Crippen LogP) is 2.67. The van der Waals surface area contributed by atoms with Crippen molar-refractivity contribution in [3.8, 4) is 5.75 Å². The minimum absolute atomic E-state index is 0.152. The summed E-state index contributed by atoms with van der Waals surface area (Å²) < 4.78 is 5.19. The fourth-order valence-corrected chi connectivity index (χ4v) is 3.43. The zero-order valence-corrected chi connectivity index (χ0v) is 14.5. The van der Waals surface area contributed by atoms with Crippen LogP contribution in [0.4, 0.5) is 0 Å². The Morgan fingerprint density at radius 2 is 1.58 bits per heavy atom. The molecule has 2 heterocycles. The van der Waals surface area contributed by atoms with Gasteiger partial charge < -0.3 is 9.64 Å². The minimum atomic E-state index is -0.194. The molecule has 5 nitrogen and oxygen atoms in total. The number of ether oxygens (including phenoxy) is 1. The third kappa shape index (κ3) is 2.79. The molecule has 1 saturated heterocycles. The van der Waals surface area contributed by atoms with Gasteiger partial charge in [0.05, 0.1) is 12.7 Å². The van der Waals surface area contributed by atoms with Gasteiger partial charge in [-0.15, -0.1) is 0 Å². The second-order valence-electron chi connectivity index (χ2n) is 6.57. The molecular weight excluding hydrogens is 304 g/mol. The highest BCUT2D eigenvalue weighted by atomic mass is 16.5. The molecule has 0 radical (unpaired) electrons. The van der Waals surface area contributed by atoms with E-state index in [1.807, 2.05) is 38.1 Å². The van der Waals surface area contributed by atoms with Crippen LogP contribution in [-0.2, 0) is 9.59 Å². The highest BCUT2D eigenvalue weighted by Gasteiger charge is 2.42. The highest BCUT2D eigenvalue weighted by molar-refractivity contribution is 6.35. The molecule has 2 aliphatic heterocycles. The first kappa shape index (κ1) is 16.6. The summed E-state index contributed by atoms with van der Waals surface area (Å²) in [4.78, 5) is 29.4. The molecule has 1 aromatic rings. The van der Waals surface area contributed by atoms with Crippen molar-refractivity contribution in [3.63, 3.8) is 0 Å². The molecule has 3 rings (SSSR count). The maximum atomic E-state index is 13.0. The van der Waals surface area contributed by atoms with E-state index in [1.54, 1.807) is 7.11 Å². The van der Waals surface area contributed by atoms with Crippen molar-refractivity contribution in [1.82, 2.24) is 9.80 Å².